The molecule has 2 rings (SSSR count). The van der Waals surface area contributed by atoms with Gasteiger partial charge in [-0.2, -0.15) is 4.31 Å². The normalized spacial score (nSPS) is 29.6. The Hall–Kier alpha value is -0.170. The number of sulfonamides is 1. The van der Waals surface area contributed by atoms with Crippen LogP contribution in [0.25, 0.3) is 0 Å². The van der Waals surface area contributed by atoms with Gasteiger partial charge < -0.3 is 5.11 Å². The lowest BCUT2D eigenvalue weighted by molar-refractivity contribution is 0.00640. The van der Waals surface area contributed by atoms with Crippen molar-refractivity contribution < 1.29 is 13.5 Å². The van der Waals surface area contributed by atoms with Gasteiger partial charge in [0.15, 0.2) is 0 Å². The topological polar surface area (TPSA) is 60.9 Å². The summed E-state index contributed by atoms with van der Waals surface area (Å²) in [5.41, 5.74) is 0. The van der Waals surface area contributed by atoms with Crippen molar-refractivity contribution in [2.75, 3.05) is 31.9 Å². The van der Waals surface area contributed by atoms with Crippen LogP contribution in [-0.2, 0) is 10.0 Å². The maximum atomic E-state index is 12.3. The Morgan fingerprint density at radius 3 is 2.33 bits per heavy atom. The van der Waals surface area contributed by atoms with Gasteiger partial charge in [-0.3, -0.25) is 4.90 Å². The van der Waals surface area contributed by atoms with E-state index in [1.165, 1.54) is 6.42 Å². The van der Waals surface area contributed by atoms with Crippen LogP contribution in [0.15, 0.2) is 0 Å². The molecule has 0 aromatic heterocycles. The van der Waals surface area contributed by atoms with Crippen LogP contribution in [0.4, 0.5) is 0 Å². The molecule has 1 saturated carbocycles. The van der Waals surface area contributed by atoms with Gasteiger partial charge in [-0.15, -0.1) is 0 Å². The summed E-state index contributed by atoms with van der Waals surface area (Å²) in [5.74, 6) is 0.285. The molecule has 1 heterocycles. The summed E-state index contributed by atoms with van der Waals surface area (Å²) >= 11 is 0. The third-order valence-corrected chi connectivity index (χ3v) is 6.79. The highest BCUT2D eigenvalue weighted by Gasteiger charge is 2.33. The van der Waals surface area contributed by atoms with Gasteiger partial charge in [-0.1, -0.05) is 32.6 Å². The first-order valence-corrected chi connectivity index (χ1v) is 10.1. The largest absolute Gasteiger partial charge is 0.391 e. The maximum absolute atomic E-state index is 12.3. The third-order valence-electron chi connectivity index (χ3n) is 4.84. The van der Waals surface area contributed by atoms with Crippen molar-refractivity contribution in [2.24, 2.45) is 0 Å². The second kappa shape index (κ2) is 7.90. The van der Waals surface area contributed by atoms with Crippen LogP contribution in [0.1, 0.15) is 51.9 Å². The third kappa shape index (κ3) is 4.65. The molecule has 0 unspecified atom stereocenters. The smallest absolute Gasteiger partial charge is 0.214 e. The molecule has 2 aliphatic rings. The van der Waals surface area contributed by atoms with Crippen molar-refractivity contribution in [3.63, 3.8) is 0 Å². The standard InChI is InChI=1S/C15H30N2O3S/c1-2-3-6-13-21(19,20)17-11-9-16(10-12-17)14-7-4-5-8-15(14)18/h14-15,18H,2-13H2,1H3/t14-,15-/m0/s1. The molecule has 0 radical (unpaired) electrons. The van der Waals surface area contributed by atoms with Gasteiger partial charge >= 0.3 is 0 Å². The zero-order valence-electron chi connectivity index (χ0n) is 13.2. The van der Waals surface area contributed by atoms with Crippen LogP contribution in [-0.4, -0.2) is 66.8 Å². The van der Waals surface area contributed by atoms with Gasteiger partial charge in [0.25, 0.3) is 0 Å². The first-order valence-electron chi connectivity index (χ1n) is 8.44. The minimum absolute atomic E-state index is 0.230. The number of hydrogen-bond donors (Lipinski definition) is 1. The van der Waals surface area contributed by atoms with E-state index in [-0.39, 0.29) is 17.9 Å². The van der Waals surface area contributed by atoms with Crippen LogP contribution in [0.3, 0.4) is 0 Å². The highest BCUT2D eigenvalue weighted by Crippen LogP contribution is 2.24. The number of rotatable bonds is 6. The van der Waals surface area contributed by atoms with Crippen molar-refractivity contribution >= 4 is 10.0 Å². The van der Waals surface area contributed by atoms with Gasteiger partial charge in [0.1, 0.15) is 0 Å². The van der Waals surface area contributed by atoms with E-state index in [2.05, 4.69) is 11.8 Å². The Morgan fingerprint density at radius 2 is 1.71 bits per heavy atom. The van der Waals surface area contributed by atoms with Crippen molar-refractivity contribution in [2.45, 2.75) is 64.0 Å². The number of hydrogen-bond acceptors (Lipinski definition) is 4. The molecule has 124 valence electrons. The Labute approximate surface area is 129 Å². The summed E-state index contributed by atoms with van der Waals surface area (Å²) in [4.78, 5) is 2.29. The Kier molecular flexibility index (Phi) is 6.47. The Balaban J connectivity index is 1.82. The van der Waals surface area contributed by atoms with E-state index in [1.54, 1.807) is 4.31 Å². The zero-order valence-corrected chi connectivity index (χ0v) is 14.0. The van der Waals surface area contributed by atoms with E-state index >= 15 is 0 Å². The zero-order chi connectivity index (χ0) is 15.3. The average molecular weight is 318 g/mol. The van der Waals surface area contributed by atoms with E-state index < -0.39 is 10.0 Å². The molecule has 2 atom stereocenters. The van der Waals surface area contributed by atoms with Crippen molar-refractivity contribution in [3.8, 4) is 0 Å². The number of unbranched alkanes of at least 4 members (excludes halogenated alkanes) is 2. The molecule has 0 spiro atoms. The lowest BCUT2D eigenvalue weighted by Gasteiger charge is -2.42. The fraction of sp³-hybridized carbons (Fsp3) is 1.00. The van der Waals surface area contributed by atoms with Crippen LogP contribution >= 0.6 is 0 Å². The van der Waals surface area contributed by atoms with E-state index in [9.17, 15) is 13.5 Å². The van der Waals surface area contributed by atoms with E-state index in [0.717, 1.165) is 51.6 Å². The molecule has 1 saturated heterocycles. The Morgan fingerprint density at radius 1 is 1.05 bits per heavy atom. The number of aliphatic hydroxyl groups excluding tert-OH is 1. The summed E-state index contributed by atoms with van der Waals surface area (Å²) in [6.07, 6.45) is 6.79. The lowest BCUT2D eigenvalue weighted by Crippen LogP contribution is -2.55. The second-order valence-corrected chi connectivity index (χ2v) is 8.47. The van der Waals surface area contributed by atoms with Gasteiger partial charge in [0.05, 0.1) is 11.9 Å². The summed E-state index contributed by atoms with van der Waals surface area (Å²) in [5, 5.41) is 10.1. The van der Waals surface area contributed by atoms with Crippen molar-refractivity contribution in [1.82, 2.24) is 9.21 Å². The van der Waals surface area contributed by atoms with E-state index in [0.29, 0.717) is 13.1 Å². The predicted octanol–water partition coefficient (Wildman–Crippen LogP) is 1.43. The minimum atomic E-state index is -3.08. The fourth-order valence-electron chi connectivity index (χ4n) is 3.49. The number of aliphatic hydroxyl groups is 1. The molecule has 1 N–H and O–H groups in total. The van der Waals surface area contributed by atoms with E-state index in [4.69, 9.17) is 0 Å². The molecule has 0 amide bonds. The Bertz CT molecular complexity index is 405. The SMILES string of the molecule is CCCCCS(=O)(=O)N1CCN([C@H]2CCCC[C@@H]2O)CC1. The lowest BCUT2D eigenvalue weighted by atomic mass is 9.91. The summed E-state index contributed by atoms with van der Waals surface area (Å²) in [6.45, 7) is 4.76. The number of piperazine rings is 1. The molecular weight excluding hydrogens is 288 g/mol. The molecule has 5 nitrogen and oxygen atoms in total. The van der Waals surface area contributed by atoms with Gasteiger partial charge in [0.2, 0.25) is 10.0 Å². The molecule has 0 aromatic carbocycles. The summed E-state index contributed by atoms with van der Waals surface area (Å²) < 4.78 is 26.2. The molecule has 1 aliphatic heterocycles. The van der Waals surface area contributed by atoms with Crippen LogP contribution in [0.5, 0.6) is 0 Å². The summed E-state index contributed by atoms with van der Waals surface area (Å²) in [6, 6.07) is 0.240. The van der Waals surface area contributed by atoms with Crippen molar-refractivity contribution in [3.05, 3.63) is 0 Å². The average Bonchev–Trinajstić information content (AvgIpc) is 2.48. The predicted molar refractivity (Wildman–Crippen MR) is 84.7 cm³/mol. The van der Waals surface area contributed by atoms with E-state index in [1.807, 2.05) is 0 Å². The van der Waals surface area contributed by atoms with Crippen molar-refractivity contribution in [1.29, 1.82) is 0 Å². The number of nitrogens with zero attached hydrogens (tertiary/aromatic N) is 2. The quantitative estimate of drug-likeness (QED) is 0.753. The summed E-state index contributed by atoms with van der Waals surface area (Å²) in [7, 11) is -3.08. The first kappa shape index (κ1) is 17.2. The second-order valence-electron chi connectivity index (χ2n) is 6.38. The van der Waals surface area contributed by atoms with Gasteiger partial charge in [0, 0.05) is 32.2 Å². The molecule has 0 bridgehead atoms. The highest BCUT2D eigenvalue weighted by atomic mass is 32.2. The van der Waals surface area contributed by atoms with Crippen LogP contribution < -0.4 is 0 Å². The monoisotopic (exact) mass is 318 g/mol. The van der Waals surface area contributed by atoms with Crippen LogP contribution in [0, 0.1) is 0 Å². The molecule has 21 heavy (non-hydrogen) atoms. The fourth-order valence-corrected chi connectivity index (χ4v) is 5.04. The molecule has 0 aromatic rings. The molecule has 1 aliphatic carbocycles. The highest BCUT2D eigenvalue weighted by molar-refractivity contribution is 7.89. The maximum Gasteiger partial charge on any atom is 0.214 e. The first-order chi connectivity index (χ1) is 10.0. The minimum Gasteiger partial charge on any atom is -0.391 e. The van der Waals surface area contributed by atoms with Gasteiger partial charge in [-0.25, -0.2) is 8.42 Å². The van der Waals surface area contributed by atoms with Gasteiger partial charge in [-0.05, 0) is 19.3 Å². The molecule has 2 fully saturated rings. The van der Waals surface area contributed by atoms with Crippen LogP contribution in [0.2, 0.25) is 0 Å². The molecule has 6 heteroatoms. The molecular formula is C15H30N2O3S.